The predicted octanol–water partition coefficient (Wildman–Crippen LogP) is 9.63. The van der Waals surface area contributed by atoms with Crippen LogP contribution in [-0.4, -0.2) is 5.97 Å². The molecule has 2 aromatic rings. The van der Waals surface area contributed by atoms with E-state index in [1.54, 1.807) is 0 Å². The molecule has 0 fully saturated rings. The Morgan fingerprint density at radius 2 is 1.53 bits per heavy atom. The average Bonchev–Trinajstić information content (AvgIpc) is 2.88. The number of hydrogen-bond donors (Lipinski definition) is 0. The van der Waals surface area contributed by atoms with Gasteiger partial charge in [0.15, 0.2) is 0 Å². The second kappa shape index (κ2) is 14.1. The molecule has 184 valence electrons. The Morgan fingerprint density at radius 1 is 0.882 bits per heavy atom. The molecule has 0 saturated carbocycles. The largest absolute Gasteiger partial charge is 0.427 e. The molecule has 0 heterocycles. The van der Waals surface area contributed by atoms with Gasteiger partial charge in [0.25, 0.3) is 0 Å². The van der Waals surface area contributed by atoms with Crippen molar-refractivity contribution in [3.8, 4) is 16.9 Å². The number of unbranched alkanes of at least 4 members (excludes halogenated alkanes) is 3. The summed E-state index contributed by atoms with van der Waals surface area (Å²) in [5, 5.41) is 0. The Balaban J connectivity index is 1.50. The fraction of sp³-hybridized carbons (Fsp3) is 0.531. The van der Waals surface area contributed by atoms with E-state index in [2.05, 4.69) is 51.1 Å². The van der Waals surface area contributed by atoms with E-state index in [1.165, 1.54) is 74.5 Å². The van der Waals surface area contributed by atoms with E-state index in [1.807, 2.05) is 24.3 Å². The van der Waals surface area contributed by atoms with Crippen molar-refractivity contribution in [2.75, 3.05) is 0 Å². The van der Waals surface area contributed by atoms with Gasteiger partial charge in [0, 0.05) is 6.42 Å². The van der Waals surface area contributed by atoms with Crippen LogP contribution in [0.2, 0.25) is 0 Å². The monoisotopic (exact) mass is 460 g/mol. The summed E-state index contributed by atoms with van der Waals surface area (Å²) < 4.78 is 5.49. The van der Waals surface area contributed by atoms with Crippen LogP contribution in [0.4, 0.5) is 0 Å². The fourth-order valence-electron chi connectivity index (χ4n) is 5.05. The molecule has 2 nitrogen and oxygen atoms in total. The third-order valence-corrected chi connectivity index (χ3v) is 7.57. The summed E-state index contributed by atoms with van der Waals surface area (Å²) in [4.78, 5) is 12.0. The summed E-state index contributed by atoms with van der Waals surface area (Å²) in [6.45, 7) is 6.83. The number of carbonyl (C=O) groups excluding carboxylic acids is 1. The summed E-state index contributed by atoms with van der Waals surface area (Å²) in [5.74, 6) is 2.28. The Hall–Kier alpha value is -2.35. The van der Waals surface area contributed by atoms with Crippen LogP contribution in [0, 0.1) is 11.8 Å². The molecule has 1 unspecified atom stereocenters. The summed E-state index contributed by atoms with van der Waals surface area (Å²) in [7, 11) is 0. The van der Waals surface area contributed by atoms with Crippen LogP contribution in [0.1, 0.15) is 103 Å². The van der Waals surface area contributed by atoms with Gasteiger partial charge in [-0.2, -0.15) is 0 Å². The molecule has 0 N–H and O–H groups in total. The highest BCUT2D eigenvalue weighted by atomic mass is 16.5. The van der Waals surface area contributed by atoms with Crippen molar-refractivity contribution in [1.82, 2.24) is 0 Å². The van der Waals surface area contributed by atoms with Crippen LogP contribution >= 0.6 is 0 Å². The molecule has 0 radical (unpaired) electrons. The molecule has 0 spiro atoms. The lowest BCUT2D eigenvalue weighted by molar-refractivity contribution is -0.134. The van der Waals surface area contributed by atoms with Gasteiger partial charge in [0.1, 0.15) is 5.75 Å². The topological polar surface area (TPSA) is 26.3 Å². The van der Waals surface area contributed by atoms with Crippen LogP contribution < -0.4 is 4.74 Å². The van der Waals surface area contributed by atoms with E-state index >= 15 is 0 Å². The van der Waals surface area contributed by atoms with Gasteiger partial charge in [-0.3, -0.25) is 4.79 Å². The van der Waals surface area contributed by atoms with Crippen LogP contribution in [0.15, 0.2) is 54.6 Å². The van der Waals surface area contributed by atoms with Crippen molar-refractivity contribution >= 4 is 11.5 Å². The van der Waals surface area contributed by atoms with Crippen LogP contribution in [-0.2, 0) is 4.79 Å². The first-order valence-corrected chi connectivity index (χ1v) is 13.7. The molecule has 1 aliphatic carbocycles. The number of benzene rings is 2. The third-order valence-electron chi connectivity index (χ3n) is 7.57. The zero-order valence-electron chi connectivity index (χ0n) is 21.7. The standard InChI is InChI=1S/C32H44O2/c1-4-7-8-9-10-32(33)34-31-23-21-30(22-24-31)29-19-17-28(18-20-29)27-15-13-26(14-16-27)12-11-25(5-2)6-3/h15,17-26H,4-14,16H2,1-3H3. The van der Waals surface area contributed by atoms with Gasteiger partial charge in [-0.25, -0.2) is 0 Å². The molecule has 0 aromatic heterocycles. The minimum Gasteiger partial charge on any atom is -0.427 e. The van der Waals surface area contributed by atoms with Gasteiger partial charge in [0.05, 0.1) is 0 Å². The van der Waals surface area contributed by atoms with Gasteiger partial charge in [-0.05, 0) is 78.3 Å². The molecule has 34 heavy (non-hydrogen) atoms. The molecule has 1 aliphatic rings. The average molecular weight is 461 g/mol. The van der Waals surface area contributed by atoms with E-state index < -0.39 is 0 Å². The minimum absolute atomic E-state index is 0.133. The second-order valence-electron chi connectivity index (χ2n) is 10.0. The molecular formula is C32H44O2. The van der Waals surface area contributed by atoms with Crippen molar-refractivity contribution in [3.63, 3.8) is 0 Å². The van der Waals surface area contributed by atoms with E-state index in [0.717, 1.165) is 30.2 Å². The first-order chi connectivity index (χ1) is 16.6. The number of allylic oxidation sites excluding steroid dienone is 2. The molecular weight excluding hydrogens is 416 g/mol. The normalized spacial score (nSPS) is 15.9. The van der Waals surface area contributed by atoms with Crippen molar-refractivity contribution in [3.05, 3.63) is 60.2 Å². The third kappa shape index (κ3) is 8.15. The Bertz CT molecular complexity index is 888. The molecule has 1 atom stereocenters. The highest BCUT2D eigenvalue weighted by Crippen LogP contribution is 2.34. The van der Waals surface area contributed by atoms with Crippen LogP contribution in [0.5, 0.6) is 5.75 Å². The SMILES string of the molecule is CCCCCCC(=O)Oc1ccc(-c2ccc(C3=CCC(CCC(CC)CC)CC3)cc2)cc1. The quantitative estimate of drug-likeness (QED) is 0.169. The fourth-order valence-corrected chi connectivity index (χ4v) is 5.05. The molecule has 2 heteroatoms. The van der Waals surface area contributed by atoms with Gasteiger partial charge in [-0.15, -0.1) is 0 Å². The Morgan fingerprint density at radius 3 is 2.12 bits per heavy atom. The lowest BCUT2D eigenvalue weighted by Gasteiger charge is -2.24. The summed E-state index contributed by atoms with van der Waals surface area (Å²) >= 11 is 0. The number of hydrogen-bond acceptors (Lipinski definition) is 2. The Labute approximate surface area is 207 Å². The van der Waals surface area contributed by atoms with Gasteiger partial charge >= 0.3 is 5.97 Å². The van der Waals surface area contributed by atoms with Crippen LogP contribution in [0.25, 0.3) is 16.7 Å². The van der Waals surface area contributed by atoms with Crippen molar-refractivity contribution < 1.29 is 9.53 Å². The van der Waals surface area contributed by atoms with Gasteiger partial charge in [0.2, 0.25) is 0 Å². The molecule has 0 saturated heterocycles. The second-order valence-corrected chi connectivity index (χ2v) is 10.0. The highest BCUT2D eigenvalue weighted by molar-refractivity contribution is 5.74. The minimum atomic E-state index is -0.133. The zero-order chi connectivity index (χ0) is 24.2. The van der Waals surface area contributed by atoms with E-state index in [-0.39, 0.29) is 5.97 Å². The first-order valence-electron chi connectivity index (χ1n) is 13.7. The number of carbonyl (C=O) groups is 1. The summed E-state index contributed by atoms with van der Waals surface area (Å²) in [6, 6.07) is 16.8. The summed E-state index contributed by atoms with van der Waals surface area (Å²) in [5.41, 5.74) is 5.20. The first kappa shape index (κ1) is 26.3. The van der Waals surface area contributed by atoms with Crippen molar-refractivity contribution in [2.45, 2.75) is 97.8 Å². The maximum atomic E-state index is 12.0. The maximum absolute atomic E-state index is 12.0. The van der Waals surface area contributed by atoms with Gasteiger partial charge < -0.3 is 4.74 Å². The predicted molar refractivity (Wildman–Crippen MR) is 145 cm³/mol. The zero-order valence-corrected chi connectivity index (χ0v) is 21.7. The molecule has 2 aromatic carbocycles. The van der Waals surface area contributed by atoms with E-state index in [0.29, 0.717) is 12.2 Å². The summed E-state index contributed by atoms with van der Waals surface area (Å²) in [6.07, 6.45) is 16.5. The molecule has 0 aliphatic heterocycles. The smallest absolute Gasteiger partial charge is 0.311 e. The van der Waals surface area contributed by atoms with E-state index in [4.69, 9.17) is 4.74 Å². The maximum Gasteiger partial charge on any atom is 0.311 e. The lowest BCUT2D eigenvalue weighted by Crippen LogP contribution is -2.08. The molecule has 0 bridgehead atoms. The van der Waals surface area contributed by atoms with Crippen molar-refractivity contribution in [2.24, 2.45) is 11.8 Å². The van der Waals surface area contributed by atoms with E-state index in [9.17, 15) is 4.79 Å². The van der Waals surface area contributed by atoms with Crippen molar-refractivity contribution in [1.29, 1.82) is 0 Å². The number of ether oxygens (including phenoxy) is 1. The van der Waals surface area contributed by atoms with Crippen LogP contribution in [0.3, 0.4) is 0 Å². The lowest BCUT2D eigenvalue weighted by atomic mass is 9.82. The Kier molecular flexibility index (Phi) is 10.9. The molecule has 0 amide bonds. The molecule has 3 rings (SSSR count). The number of rotatable bonds is 13. The highest BCUT2D eigenvalue weighted by Gasteiger charge is 2.17. The van der Waals surface area contributed by atoms with Gasteiger partial charge in [-0.1, -0.05) is 102 Å². The number of esters is 1.